The number of hydrogen-bond acceptors (Lipinski definition) is 7. The highest BCUT2D eigenvalue weighted by Crippen LogP contribution is 2.34. The highest BCUT2D eigenvalue weighted by Gasteiger charge is 2.33. The van der Waals surface area contributed by atoms with Gasteiger partial charge in [-0.2, -0.15) is 4.98 Å². The smallest absolute Gasteiger partial charge is 0.257 e. The Labute approximate surface area is 149 Å². The molecule has 2 aromatic heterocycles. The second-order valence-corrected chi connectivity index (χ2v) is 6.65. The van der Waals surface area contributed by atoms with Gasteiger partial charge in [-0.05, 0) is 27.2 Å². The number of rotatable bonds is 2. The van der Waals surface area contributed by atoms with Gasteiger partial charge in [-0.3, -0.25) is 4.79 Å². The number of amides is 1. The fraction of sp³-hybridized carbons (Fsp3) is 0.467. The number of carbonyl (C=O) groups excluding carboxylic acids is 1. The maximum absolute atomic E-state index is 11.8. The summed E-state index contributed by atoms with van der Waals surface area (Å²) >= 11 is 6.11. The van der Waals surface area contributed by atoms with E-state index in [4.69, 9.17) is 22.1 Å². The molecule has 0 saturated carbocycles. The summed E-state index contributed by atoms with van der Waals surface area (Å²) in [5.41, 5.74) is 5.79. The third-order valence-electron chi connectivity index (χ3n) is 4.05. The van der Waals surface area contributed by atoms with E-state index < -0.39 is 11.4 Å². The fourth-order valence-electron chi connectivity index (χ4n) is 2.48. The van der Waals surface area contributed by atoms with Gasteiger partial charge in [-0.25, -0.2) is 9.67 Å². The van der Waals surface area contributed by atoms with Crippen LogP contribution >= 0.6 is 11.6 Å². The first kappa shape index (κ1) is 17.3. The number of nitrogens with one attached hydrogen (secondary N) is 2. The average molecular weight is 366 g/mol. The molecule has 1 aliphatic heterocycles. The second-order valence-electron chi connectivity index (χ2n) is 6.24. The van der Waals surface area contributed by atoms with E-state index in [0.29, 0.717) is 47.2 Å². The molecule has 3 rings (SSSR count). The predicted octanol–water partition coefficient (Wildman–Crippen LogP) is 1.79. The van der Waals surface area contributed by atoms with E-state index in [1.165, 1.54) is 6.20 Å². The number of anilines is 3. The second kappa shape index (κ2) is 6.40. The monoisotopic (exact) mass is 365 g/mol. The van der Waals surface area contributed by atoms with Gasteiger partial charge in [-0.1, -0.05) is 11.6 Å². The quantitative estimate of drug-likeness (QED) is 0.742. The Morgan fingerprint density at radius 1 is 1.48 bits per heavy atom. The number of halogens is 1. The van der Waals surface area contributed by atoms with Gasteiger partial charge in [0.25, 0.3) is 5.88 Å². The maximum Gasteiger partial charge on any atom is 0.257 e. The summed E-state index contributed by atoms with van der Waals surface area (Å²) in [6.45, 7) is 6.30. The molecule has 2 aromatic rings. The van der Waals surface area contributed by atoms with Crippen molar-refractivity contribution in [1.29, 1.82) is 0 Å². The van der Waals surface area contributed by atoms with E-state index in [9.17, 15) is 4.79 Å². The molecule has 0 aromatic carbocycles. The van der Waals surface area contributed by atoms with Crippen molar-refractivity contribution in [2.75, 3.05) is 23.8 Å². The number of hydrogen-bond donors (Lipinski definition) is 3. The molecule has 1 aliphatic rings. The highest BCUT2D eigenvalue weighted by atomic mass is 35.5. The van der Waals surface area contributed by atoms with Crippen LogP contribution in [0, 0.1) is 6.92 Å². The zero-order valence-electron chi connectivity index (χ0n) is 14.3. The lowest BCUT2D eigenvalue weighted by molar-refractivity contribution is -0.125. The minimum atomic E-state index is -1.01. The van der Waals surface area contributed by atoms with Crippen LogP contribution in [0.4, 0.5) is 17.5 Å². The number of fused-ring (bicyclic) bond motifs is 3. The van der Waals surface area contributed by atoms with Crippen LogP contribution in [-0.4, -0.2) is 38.8 Å². The molecule has 0 saturated heterocycles. The van der Waals surface area contributed by atoms with Crippen LogP contribution in [0.2, 0.25) is 5.02 Å². The standard InChI is InChI=1S/C15H20ClN7O2/c1-8-10-12(22-23(8)15(2,3)13(17)24)25-6-4-5-18-11-9(16)7-19-14(20-10)21-11/h7H,4-6H2,1-3H3,(H2,17,24)(H2,18,19,20,21). The number of carbonyl (C=O) groups is 1. The van der Waals surface area contributed by atoms with Gasteiger partial charge in [0.15, 0.2) is 5.82 Å². The molecule has 0 radical (unpaired) electrons. The molecule has 9 nitrogen and oxygen atoms in total. The Morgan fingerprint density at radius 3 is 2.96 bits per heavy atom. The van der Waals surface area contributed by atoms with E-state index in [0.717, 1.165) is 6.42 Å². The summed E-state index contributed by atoms with van der Waals surface area (Å²) in [6, 6.07) is 0. The molecule has 1 amide bonds. The zero-order chi connectivity index (χ0) is 18.2. The summed E-state index contributed by atoms with van der Waals surface area (Å²) in [6.07, 6.45) is 2.24. The highest BCUT2D eigenvalue weighted by molar-refractivity contribution is 6.32. The molecular weight excluding hydrogens is 346 g/mol. The largest absolute Gasteiger partial charge is 0.475 e. The Morgan fingerprint density at radius 2 is 2.24 bits per heavy atom. The van der Waals surface area contributed by atoms with Gasteiger partial charge in [0.2, 0.25) is 11.9 Å². The lowest BCUT2D eigenvalue weighted by atomic mass is 10.1. The molecule has 2 bridgehead atoms. The fourth-order valence-corrected chi connectivity index (χ4v) is 2.64. The molecule has 3 heterocycles. The van der Waals surface area contributed by atoms with E-state index in [1.807, 2.05) is 6.92 Å². The van der Waals surface area contributed by atoms with Crippen LogP contribution < -0.4 is 21.1 Å². The molecular formula is C15H20ClN7O2. The molecule has 134 valence electrons. The number of aromatic nitrogens is 4. The van der Waals surface area contributed by atoms with Crippen molar-refractivity contribution in [3.05, 3.63) is 16.9 Å². The van der Waals surface area contributed by atoms with E-state index in [2.05, 4.69) is 25.7 Å². The third kappa shape index (κ3) is 3.19. The van der Waals surface area contributed by atoms with Crippen LogP contribution in [0.5, 0.6) is 5.88 Å². The number of nitrogens with two attached hydrogens (primary N) is 1. The normalized spacial score (nSPS) is 14.4. The van der Waals surface area contributed by atoms with Crippen molar-refractivity contribution in [3.8, 4) is 5.88 Å². The van der Waals surface area contributed by atoms with Crippen molar-refractivity contribution in [2.45, 2.75) is 32.7 Å². The molecule has 0 aliphatic carbocycles. The van der Waals surface area contributed by atoms with Gasteiger partial charge >= 0.3 is 0 Å². The maximum atomic E-state index is 11.8. The van der Waals surface area contributed by atoms with Crippen molar-refractivity contribution in [3.63, 3.8) is 0 Å². The number of ether oxygens (including phenoxy) is 1. The summed E-state index contributed by atoms with van der Waals surface area (Å²) in [5.74, 6) is 0.767. The Balaban J connectivity index is 2.08. The number of primary amides is 1. The van der Waals surface area contributed by atoms with E-state index >= 15 is 0 Å². The van der Waals surface area contributed by atoms with Crippen molar-refractivity contribution >= 4 is 35.0 Å². The Kier molecular flexibility index (Phi) is 4.42. The van der Waals surface area contributed by atoms with Crippen LogP contribution in [0.1, 0.15) is 26.0 Å². The summed E-state index contributed by atoms with van der Waals surface area (Å²) < 4.78 is 7.34. The van der Waals surface area contributed by atoms with Crippen LogP contribution in [0.15, 0.2) is 6.20 Å². The topological polar surface area (TPSA) is 120 Å². The average Bonchev–Trinajstić information content (AvgIpc) is 2.85. The van der Waals surface area contributed by atoms with Gasteiger partial charge in [0, 0.05) is 6.54 Å². The minimum Gasteiger partial charge on any atom is -0.475 e. The SMILES string of the molecule is Cc1c2c(nn1C(C)(C)C(N)=O)OCCCNc1nc(ncc1Cl)N2. The summed E-state index contributed by atoms with van der Waals surface area (Å²) in [4.78, 5) is 20.4. The Bertz CT molecular complexity index is 818. The molecule has 0 fully saturated rings. The number of nitrogens with zero attached hydrogens (tertiary/aromatic N) is 4. The summed E-state index contributed by atoms with van der Waals surface area (Å²) in [7, 11) is 0. The van der Waals surface area contributed by atoms with Crippen molar-refractivity contribution in [2.24, 2.45) is 5.73 Å². The van der Waals surface area contributed by atoms with Crippen molar-refractivity contribution in [1.82, 2.24) is 19.7 Å². The molecule has 0 unspecified atom stereocenters. The van der Waals surface area contributed by atoms with Crippen LogP contribution in [-0.2, 0) is 10.3 Å². The first-order chi connectivity index (χ1) is 11.8. The van der Waals surface area contributed by atoms with Crippen molar-refractivity contribution < 1.29 is 9.53 Å². The first-order valence-electron chi connectivity index (χ1n) is 7.87. The molecule has 0 atom stereocenters. The molecule has 10 heteroatoms. The molecule has 4 N–H and O–H groups in total. The minimum absolute atomic E-state index is 0.346. The van der Waals surface area contributed by atoms with E-state index in [-0.39, 0.29) is 0 Å². The zero-order valence-corrected chi connectivity index (χ0v) is 15.0. The summed E-state index contributed by atoms with van der Waals surface area (Å²) in [5, 5.41) is 11.1. The lowest BCUT2D eigenvalue weighted by Crippen LogP contribution is -2.42. The van der Waals surface area contributed by atoms with Gasteiger partial charge < -0.3 is 21.1 Å². The van der Waals surface area contributed by atoms with Crippen LogP contribution in [0.25, 0.3) is 0 Å². The van der Waals surface area contributed by atoms with Crippen LogP contribution in [0.3, 0.4) is 0 Å². The third-order valence-corrected chi connectivity index (χ3v) is 4.33. The van der Waals surface area contributed by atoms with Gasteiger partial charge in [0.05, 0.1) is 18.5 Å². The lowest BCUT2D eigenvalue weighted by Gasteiger charge is -2.22. The molecule has 0 spiro atoms. The molecule has 25 heavy (non-hydrogen) atoms. The Hall–Kier alpha value is -2.55. The first-order valence-corrected chi connectivity index (χ1v) is 8.24. The predicted molar refractivity (Wildman–Crippen MR) is 94.4 cm³/mol. The van der Waals surface area contributed by atoms with E-state index in [1.54, 1.807) is 18.5 Å². The van der Waals surface area contributed by atoms with Gasteiger partial charge in [-0.15, -0.1) is 5.10 Å². The van der Waals surface area contributed by atoms with Gasteiger partial charge in [0.1, 0.15) is 16.2 Å².